The van der Waals surface area contributed by atoms with E-state index in [9.17, 15) is 14.7 Å². The van der Waals surface area contributed by atoms with Gasteiger partial charge in [-0.1, -0.05) is 0 Å². The van der Waals surface area contributed by atoms with Crippen LogP contribution in [0, 0.1) is 0 Å². The summed E-state index contributed by atoms with van der Waals surface area (Å²) in [6.45, 7) is 3.28. The smallest absolute Gasteiger partial charge is 0.274 e. The van der Waals surface area contributed by atoms with Crippen LogP contribution in [-0.4, -0.2) is 90.8 Å². The number of morpholine rings is 1. The number of ether oxygens (including phenoxy) is 3. The van der Waals surface area contributed by atoms with E-state index in [1.54, 1.807) is 35.1 Å². The van der Waals surface area contributed by atoms with Gasteiger partial charge in [0.1, 0.15) is 29.5 Å². The normalized spacial score (nSPS) is 17.2. The highest BCUT2D eigenvalue weighted by Crippen LogP contribution is 2.46. The molecule has 4 heterocycles. The lowest BCUT2D eigenvalue weighted by Gasteiger charge is -2.26. The number of phenolic OH excluding ortho intramolecular Hbond substituents is 1. The predicted octanol–water partition coefficient (Wildman–Crippen LogP) is 3.84. The fraction of sp³-hybridized carbons (Fsp3) is 0.357. The van der Waals surface area contributed by atoms with Gasteiger partial charge in [0.2, 0.25) is 0 Å². The summed E-state index contributed by atoms with van der Waals surface area (Å²) in [5, 5.41) is 12.5. The molecule has 39 heavy (non-hydrogen) atoms. The zero-order valence-corrected chi connectivity index (χ0v) is 22.2. The van der Waals surface area contributed by atoms with E-state index in [0.29, 0.717) is 79.8 Å². The molecule has 0 saturated carbocycles. The molecule has 0 aliphatic carbocycles. The molecule has 3 N–H and O–H groups in total. The number of hydrogen-bond donors (Lipinski definition) is 3. The van der Waals surface area contributed by atoms with Gasteiger partial charge >= 0.3 is 0 Å². The Balaban J connectivity index is 1.33. The zero-order chi connectivity index (χ0) is 27.1. The number of H-pyrrole nitrogens is 2. The number of anilines is 1. The Labute approximate surface area is 229 Å². The highest BCUT2D eigenvalue weighted by atomic mass is 35.5. The molecule has 2 aliphatic heterocycles. The molecule has 11 heteroatoms. The maximum atomic E-state index is 13.7. The van der Waals surface area contributed by atoms with Gasteiger partial charge in [-0.3, -0.25) is 9.59 Å². The van der Waals surface area contributed by atoms with Gasteiger partial charge < -0.3 is 39.1 Å². The number of methoxy groups -OCH3 is 1. The third-order valence-corrected chi connectivity index (χ3v) is 7.73. The number of phenols is 1. The molecule has 204 valence electrons. The molecule has 2 aromatic carbocycles. The maximum absolute atomic E-state index is 13.7. The van der Waals surface area contributed by atoms with Crippen LogP contribution < -0.4 is 9.64 Å². The Morgan fingerprint density at radius 3 is 2.64 bits per heavy atom. The number of nitrogens with zero attached hydrogens (tertiary/aromatic N) is 2. The van der Waals surface area contributed by atoms with Gasteiger partial charge in [0.05, 0.1) is 31.0 Å². The van der Waals surface area contributed by atoms with Crippen LogP contribution in [0.25, 0.3) is 21.8 Å². The van der Waals surface area contributed by atoms with E-state index in [0.717, 1.165) is 16.5 Å². The highest BCUT2D eigenvalue weighted by Gasteiger charge is 2.36. The molecule has 0 bridgehead atoms. The molecule has 0 radical (unpaired) electrons. The average molecular weight is 553 g/mol. The monoisotopic (exact) mass is 552 g/mol. The van der Waals surface area contributed by atoms with E-state index in [1.165, 1.54) is 0 Å². The van der Waals surface area contributed by atoms with Gasteiger partial charge in [0.25, 0.3) is 11.8 Å². The summed E-state index contributed by atoms with van der Waals surface area (Å²) >= 11 is 6.39. The van der Waals surface area contributed by atoms with Gasteiger partial charge in [-0.15, -0.1) is 11.6 Å². The van der Waals surface area contributed by atoms with Crippen LogP contribution in [0.3, 0.4) is 0 Å². The first-order valence-corrected chi connectivity index (χ1v) is 13.4. The second-order valence-electron chi connectivity index (χ2n) is 9.75. The van der Waals surface area contributed by atoms with Crippen molar-refractivity contribution in [1.82, 2.24) is 14.9 Å². The minimum atomic E-state index is -0.235. The van der Waals surface area contributed by atoms with Crippen LogP contribution in [0.5, 0.6) is 11.5 Å². The van der Waals surface area contributed by atoms with E-state index in [-0.39, 0.29) is 29.4 Å². The van der Waals surface area contributed by atoms with Crippen molar-refractivity contribution in [2.75, 3.05) is 64.0 Å². The summed E-state index contributed by atoms with van der Waals surface area (Å²) in [5.41, 5.74) is 3.49. The summed E-state index contributed by atoms with van der Waals surface area (Å²) in [7, 11) is 1.62. The molecule has 0 spiro atoms. The Morgan fingerprint density at radius 1 is 1.08 bits per heavy atom. The van der Waals surface area contributed by atoms with Gasteiger partial charge in [0, 0.05) is 60.9 Å². The largest absolute Gasteiger partial charge is 0.506 e. The van der Waals surface area contributed by atoms with Crippen LogP contribution >= 0.6 is 11.6 Å². The van der Waals surface area contributed by atoms with E-state index < -0.39 is 0 Å². The average Bonchev–Trinajstić information content (AvgIpc) is 3.68. The van der Waals surface area contributed by atoms with Gasteiger partial charge in [-0.2, -0.15) is 0 Å². The van der Waals surface area contributed by atoms with Crippen LogP contribution in [-0.2, 0) is 9.47 Å². The van der Waals surface area contributed by atoms with Crippen molar-refractivity contribution >= 4 is 50.9 Å². The topological polar surface area (TPSA) is 120 Å². The molecule has 2 aromatic heterocycles. The van der Waals surface area contributed by atoms with Gasteiger partial charge in [0.15, 0.2) is 0 Å². The molecule has 2 aliphatic rings. The van der Waals surface area contributed by atoms with Crippen molar-refractivity contribution in [3.63, 3.8) is 0 Å². The zero-order valence-electron chi connectivity index (χ0n) is 21.5. The van der Waals surface area contributed by atoms with Crippen molar-refractivity contribution in [2.45, 2.75) is 5.92 Å². The molecule has 6 rings (SSSR count). The van der Waals surface area contributed by atoms with Crippen LogP contribution in [0.2, 0.25) is 0 Å². The Bertz CT molecular complexity index is 1560. The first-order chi connectivity index (χ1) is 19.0. The molecule has 4 aromatic rings. The molecule has 1 saturated heterocycles. The quantitative estimate of drug-likeness (QED) is 0.237. The van der Waals surface area contributed by atoms with Crippen LogP contribution in [0.15, 0.2) is 36.4 Å². The molecular formula is C28H29ClN4O6. The third-order valence-electron chi connectivity index (χ3n) is 7.35. The summed E-state index contributed by atoms with van der Waals surface area (Å²) in [4.78, 5) is 36.5. The number of amides is 2. The van der Waals surface area contributed by atoms with Crippen LogP contribution in [0.1, 0.15) is 32.5 Å². The highest BCUT2D eigenvalue weighted by molar-refractivity contribution is 6.19. The first-order valence-electron chi connectivity index (χ1n) is 12.9. The van der Waals surface area contributed by atoms with Crippen molar-refractivity contribution in [2.24, 2.45) is 0 Å². The van der Waals surface area contributed by atoms with Crippen molar-refractivity contribution in [3.8, 4) is 11.5 Å². The number of aromatic amines is 2. The number of fused-ring (bicyclic) bond motifs is 4. The fourth-order valence-electron chi connectivity index (χ4n) is 5.42. The number of aromatic nitrogens is 2. The van der Waals surface area contributed by atoms with E-state index >= 15 is 0 Å². The second kappa shape index (κ2) is 10.4. The van der Waals surface area contributed by atoms with Gasteiger partial charge in [-0.25, -0.2) is 0 Å². The lowest BCUT2D eigenvalue weighted by atomic mass is 9.98. The number of hydrogen-bond acceptors (Lipinski definition) is 6. The number of alkyl halides is 1. The number of rotatable bonds is 7. The Hall–Kier alpha value is -3.73. The van der Waals surface area contributed by atoms with Crippen LogP contribution in [0.4, 0.5) is 5.69 Å². The molecule has 0 unspecified atom stereocenters. The maximum Gasteiger partial charge on any atom is 0.274 e. The molecule has 1 fully saturated rings. The van der Waals surface area contributed by atoms with E-state index in [1.807, 2.05) is 18.2 Å². The standard InChI is InChI=1S/C28H29ClN4O6/c1-37-8-9-39-18-2-3-20-16(10-18)11-21(30-20)28(36)33-15-17(14-29)25-19-12-22(27(35)32-4-6-38-7-5-32)31-26(19)24(34)13-23(25)33/h2-3,10-13,17,30-31,34H,4-9,14-15H2,1H3/t17-/m1/s1. The minimum Gasteiger partial charge on any atom is -0.506 e. The summed E-state index contributed by atoms with van der Waals surface area (Å²) in [5.74, 6) is 0.381. The minimum absolute atomic E-state index is 0.0349. The van der Waals surface area contributed by atoms with Crippen molar-refractivity contribution in [3.05, 3.63) is 53.3 Å². The molecule has 10 nitrogen and oxygen atoms in total. The van der Waals surface area contributed by atoms with E-state index in [4.69, 9.17) is 25.8 Å². The van der Waals surface area contributed by atoms with Gasteiger partial charge in [-0.05, 0) is 35.9 Å². The second-order valence-corrected chi connectivity index (χ2v) is 10.1. The predicted molar refractivity (Wildman–Crippen MR) is 147 cm³/mol. The lowest BCUT2D eigenvalue weighted by molar-refractivity contribution is 0.0299. The number of carbonyl (C=O) groups excluding carboxylic acids is 2. The lowest BCUT2D eigenvalue weighted by Crippen LogP contribution is -2.40. The molecule has 1 atom stereocenters. The number of nitrogens with one attached hydrogen (secondary N) is 2. The fourth-order valence-corrected chi connectivity index (χ4v) is 5.67. The van der Waals surface area contributed by atoms with Crippen molar-refractivity contribution < 1.29 is 28.9 Å². The van der Waals surface area contributed by atoms with E-state index in [2.05, 4.69) is 9.97 Å². The summed E-state index contributed by atoms with van der Waals surface area (Å²) in [6.07, 6.45) is 0. The first kappa shape index (κ1) is 25.5. The third kappa shape index (κ3) is 4.58. The number of benzene rings is 2. The summed E-state index contributed by atoms with van der Waals surface area (Å²) < 4.78 is 16.1. The number of halogens is 1. The number of aromatic hydroxyl groups is 1. The van der Waals surface area contributed by atoms with Crippen molar-refractivity contribution in [1.29, 1.82) is 0 Å². The number of carbonyl (C=O) groups is 2. The Morgan fingerprint density at radius 2 is 1.87 bits per heavy atom. The Kier molecular flexibility index (Phi) is 6.84. The molecule has 2 amide bonds. The SMILES string of the molecule is COCCOc1ccc2[nH]c(C(=O)N3C[C@@H](CCl)c4c3cc(O)c3[nH]c(C(=O)N5CCOCC5)cc43)cc2c1. The summed E-state index contributed by atoms with van der Waals surface area (Å²) in [6, 6.07) is 10.7. The molecular weight excluding hydrogens is 524 g/mol.